The Hall–Kier alpha value is -0.890. The first-order chi connectivity index (χ1) is 7.24. The number of nitrogens with two attached hydrogens (primary N) is 1. The van der Waals surface area contributed by atoms with Crippen molar-refractivity contribution in [3.8, 4) is 0 Å². The summed E-state index contributed by atoms with van der Waals surface area (Å²) in [5.41, 5.74) is 6.23. The first kappa shape index (κ1) is 14.1. The molecule has 0 spiro atoms. The molecule has 1 aromatic rings. The van der Waals surface area contributed by atoms with Crippen molar-refractivity contribution in [3.05, 3.63) is 35.6 Å². The van der Waals surface area contributed by atoms with Crippen LogP contribution >= 0.6 is 0 Å². The molecule has 15 heavy (non-hydrogen) atoms. The Balaban J connectivity index is 0.000000288. The second-order valence-electron chi connectivity index (χ2n) is 3.54. The fourth-order valence-electron chi connectivity index (χ4n) is 1.12. The summed E-state index contributed by atoms with van der Waals surface area (Å²) in [5, 5.41) is 0. The van der Waals surface area contributed by atoms with Crippen LogP contribution in [-0.2, 0) is 6.54 Å². The van der Waals surface area contributed by atoms with Crippen molar-refractivity contribution in [2.24, 2.45) is 5.73 Å². The summed E-state index contributed by atoms with van der Waals surface area (Å²) in [4.78, 5) is 0. The third-order valence-electron chi connectivity index (χ3n) is 2.11. The zero-order valence-electron chi connectivity index (χ0n) is 9.80. The van der Waals surface area contributed by atoms with Crippen LogP contribution in [0.3, 0.4) is 0 Å². The van der Waals surface area contributed by atoms with E-state index in [2.05, 4.69) is 13.8 Å². The van der Waals surface area contributed by atoms with Crippen molar-refractivity contribution in [2.45, 2.75) is 46.1 Å². The average Bonchev–Trinajstić information content (AvgIpc) is 2.28. The summed E-state index contributed by atoms with van der Waals surface area (Å²) in [6.45, 7) is 4.94. The lowest BCUT2D eigenvalue weighted by Gasteiger charge is -1.92. The van der Waals surface area contributed by atoms with Crippen LogP contribution in [0.1, 0.15) is 45.1 Å². The zero-order chi connectivity index (χ0) is 11.5. The molecule has 0 amide bonds. The van der Waals surface area contributed by atoms with Crippen LogP contribution in [0.5, 0.6) is 0 Å². The molecule has 0 aliphatic rings. The smallest absolute Gasteiger partial charge is 0.123 e. The molecule has 2 heteroatoms. The first-order valence-corrected chi connectivity index (χ1v) is 5.69. The minimum atomic E-state index is -0.216. The van der Waals surface area contributed by atoms with Crippen LogP contribution in [0.15, 0.2) is 24.3 Å². The highest BCUT2D eigenvalue weighted by molar-refractivity contribution is 5.15. The molecule has 0 aliphatic carbocycles. The third kappa shape index (κ3) is 8.13. The van der Waals surface area contributed by atoms with E-state index in [1.807, 2.05) is 0 Å². The molecule has 0 aromatic heterocycles. The van der Waals surface area contributed by atoms with Crippen molar-refractivity contribution in [1.29, 1.82) is 0 Å². The molecule has 0 radical (unpaired) electrons. The van der Waals surface area contributed by atoms with Crippen LogP contribution in [0.25, 0.3) is 0 Å². The molecule has 0 aliphatic heterocycles. The molecule has 2 N–H and O–H groups in total. The van der Waals surface area contributed by atoms with E-state index in [0.29, 0.717) is 6.54 Å². The molecule has 0 heterocycles. The fourth-order valence-corrected chi connectivity index (χ4v) is 1.12. The molecule has 0 atom stereocenters. The van der Waals surface area contributed by atoms with E-state index in [-0.39, 0.29) is 5.82 Å². The van der Waals surface area contributed by atoms with Gasteiger partial charge < -0.3 is 5.73 Å². The van der Waals surface area contributed by atoms with E-state index in [1.54, 1.807) is 12.1 Å². The molecule has 0 bridgehead atoms. The number of benzene rings is 1. The predicted octanol–water partition coefficient (Wildman–Crippen LogP) is 3.87. The number of unbranched alkanes of at least 4 members (excludes halogenated alkanes) is 3. The number of hydrogen-bond acceptors (Lipinski definition) is 1. The highest BCUT2D eigenvalue weighted by Gasteiger charge is 1.87. The number of rotatable bonds is 4. The number of halogens is 1. The Kier molecular flexibility index (Phi) is 9.08. The molecule has 0 saturated carbocycles. The minimum Gasteiger partial charge on any atom is -0.326 e. The van der Waals surface area contributed by atoms with E-state index < -0.39 is 0 Å². The van der Waals surface area contributed by atoms with Gasteiger partial charge in [-0.1, -0.05) is 51.7 Å². The van der Waals surface area contributed by atoms with Gasteiger partial charge in [-0.2, -0.15) is 0 Å². The van der Waals surface area contributed by atoms with E-state index in [4.69, 9.17) is 5.73 Å². The van der Waals surface area contributed by atoms with Gasteiger partial charge in [0.2, 0.25) is 0 Å². The van der Waals surface area contributed by atoms with Crippen LogP contribution in [0.2, 0.25) is 0 Å². The second kappa shape index (κ2) is 9.66. The Bertz CT molecular complexity index is 227. The van der Waals surface area contributed by atoms with E-state index >= 15 is 0 Å². The lowest BCUT2D eigenvalue weighted by Crippen LogP contribution is -1.94. The molecule has 1 rings (SSSR count). The third-order valence-corrected chi connectivity index (χ3v) is 2.11. The largest absolute Gasteiger partial charge is 0.326 e. The fraction of sp³-hybridized carbons (Fsp3) is 0.538. The topological polar surface area (TPSA) is 26.0 Å². The van der Waals surface area contributed by atoms with Crippen LogP contribution in [0, 0.1) is 5.82 Å². The summed E-state index contributed by atoms with van der Waals surface area (Å²) in [5.74, 6) is -0.216. The van der Waals surface area contributed by atoms with Gasteiger partial charge in [-0.25, -0.2) is 4.39 Å². The Morgan fingerprint density at radius 1 is 1.00 bits per heavy atom. The van der Waals surface area contributed by atoms with Crippen LogP contribution < -0.4 is 5.73 Å². The van der Waals surface area contributed by atoms with Gasteiger partial charge in [-0.05, 0) is 17.7 Å². The van der Waals surface area contributed by atoms with Crippen molar-refractivity contribution in [2.75, 3.05) is 0 Å². The van der Waals surface area contributed by atoms with Crippen LogP contribution in [0.4, 0.5) is 4.39 Å². The lowest BCUT2D eigenvalue weighted by molar-refractivity contribution is 0.627. The molecule has 1 aromatic carbocycles. The van der Waals surface area contributed by atoms with Gasteiger partial charge in [-0.15, -0.1) is 0 Å². The molecule has 86 valence electrons. The van der Waals surface area contributed by atoms with Crippen molar-refractivity contribution >= 4 is 0 Å². The molecule has 1 nitrogen and oxygen atoms in total. The summed E-state index contributed by atoms with van der Waals surface area (Å²) >= 11 is 0. The molecule has 0 unspecified atom stereocenters. The standard InChI is InChI=1S/C7H8FN.C6H14/c8-7-3-1-6(5-9)2-4-7;1-3-5-6-4-2/h1-4H,5,9H2;3-6H2,1-2H3. The van der Waals surface area contributed by atoms with Gasteiger partial charge in [0.1, 0.15) is 5.82 Å². The summed E-state index contributed by atoms with van der Waals surface area (Å²) in [7, 11) is 0. The zero-order valence-corrected chi connectivity index (χ0v) is 9.80. The van der Waals surface area contributed by atoms with E-state index in [0.717, 1.165) is 5.56 Å². The average molecular weight is 211 g/mol. The number of hydrogen-bond donors (Lipinski definition) is 1. The quantitative estimate of drug-likeness (QED) is 0.752. The Morgan fingerprint density at radius 3 is 1.80 bits per heavy atom. The van der Waals surface area contributed by atoms with Crippen molar-refractivity contribution in [1.82, 2.24) is 0 Å². The van der Waals surface area contributed by atoms with E-state index in [1.165, 1.54) is 37.8 Å². The van der Waals surface area contributed by atoms with Crippen molar-refractivity contribution < 1.29 is 4.39 Å². The van der Waals surface area contributed by atoms with Gasteiger partial charge in [0.05, 0.1) is 0 Å². The first-order valence-electron chi connectivity index (χ1n) is 5.69. The molecule has 0 saturated heterocycles. The normalized spacial score (nSPS) is 9.33. The van der Waals surface area contributed by atoms with E-state index in [9.17, 15) is 4.39 Å². The van der Waals surface area contributed by atoms with Crippen molar-refractivity contribution in [3.63, 3.8) is 0 Å². The van der Waals surface area contributed by atoms with Gasteiger partial charge in [0, 0.05) is 6.54 Å². The molecule has 0 fully saturated rings. The SMILES string of the molecule is CCCCCC.NCc1ccc(F)cc1. The molecular formula is C13H22FN. The monoisotopic (exact) mass is 211 g/mol. The van der Waals surface area contributed by atoms with Gasteiger partial charge in [0.15, 0.2) is 0 Å². The predicted molar refractivity (Wildman–Crippen MR) is 64.1 cm³/mol. The minimum absolute atomic E-state index is 0.216. The second-order valence-corrected chi connectivity index (χ2v) is 3.54. The highest BCUT2D eigenvalue weighted by atomic mass is 19.1. The van der Waals surface area contributed by atoms with Gasteiger partial charge in [0.25, 0.3) is 0 Å². The Morgan fingerprint density at radius 2 is 1.47 bits per heavy atom. The maximum absolute atomic E-state index is 12.2. The summed E-state index contributed by atoms with van der Waals surface area (Å²) < 4.78 is 12.2. The lowest BCUT2D eigenvalue weighted by atomic mass is 10.2. The summed E-state index contributed by atoms with van der Waals surface area (Å²) in [6, 6.07) is 6.16. The van der Waals surface area contributed by atoms with Crippen LogP contribution in [-0.4, -0.2) is 0 Å². The Labute approximate surface area is 92.5 Å². The molecular weight excluding hydrogens is 189 g/mol. The van der Waals surface area contributed by atoms with Gasteiger partial charge in [-0.3, -0.25) is 0 Å². The highest BCUT2D eigenvalue weighted by Crippen LogP contribution is 2.00. The summed E-state index contributed by atoms with van der Waals surface area (Å²) in [6.07, 6.45) is 5.54. The maximum atomic E-state index is 12.2. The maximum Gasteiger partial charge on any atom is 0.123 e. The van der Waals surface area contributed by atoms with Gasteiger partial charge >= 0.3 is 0 Å².